The van der Waals surface area contributed by atoms with Crippen molar-refractivity contribution in [2.75, 3.05) is 0 Å². The fourth-order valence-corrected chi connectivity index (χ4v) is 1.30. The van der Waals surface area contributed by atoms with Crippen molar-refractivity contribution < 1.29 is 4.52 Å². The van der Waals surface area contributed by atoms with Crippen LogP contribution in [-0.2, 0) is 5.54 Å². The monoisotopic (exact) mass is 197 g/mol. The van der Waals surface area contributed by atoms with E-state index in [1.54, 1.807) is 0 Å². The predicted octanol–water partition coefficient (Wildman–Crippen LogP) is 2.17. The average Bonchev–Trinajstić information content (AvgIpc) is 2.54. The van der Waals surface area contributed by atoms with Crippen molar-refractivity contribution in [3.05, 3.63) is 11.7 Å². The minimum atomic E-state index is -0.520. The highest BCUT2D eigenvalue weighted by Crippen LogP contribution is 2.23. The van der Waals surface area contributed by atoms with E-state index in [4.69, 9.17) is 10.3 Å². The number of hydrogen-bond acceptors (Lipinski definition) is 4. The van der Waals surface area contributed by atoms with Gasteiger partial charge in [0.05, 0.1) is 5.54 Å². The molecule has 0 unspecified atom stereocenters. The smallest absolute Gasteiger partial charge is 0.229 e. The summed E-state index contributed by atoms with van der Waals surface area (Å²) in [6.45, 7) is 7.97. The average molecular weight is 197 g/mol. The zero-order valence-corrected chi connectivity index (χ0v) is 9.37. The quantitative estimate of drug-likeness (QED) is 0.803. The number of nitrogens with zero attached hydrogens (tertiary/aromatic N) is 2. The second-order valence-corrected chi connectivity index (χ2v) is 4.19. The van der Waals surface area contributed by atoms with E-state index in [-0.39, 0.29) is 0 Å². The topological polar surface area (TPSA) is 64.9 Å². The molecule has 4 nitrogen and oxygen atoms in total. The maximum Gasteiger partial charge on any atom is 0.229 e. The molecule has 0 bridgehead atoms. The fourth-order valence-electron chi connectivity index (χ4n) is 1.30. The Bertz CT molecular complexity index is 284. The number of rotatable bonds is 4. The molecule has 0 aliphatic heterocycles. The Hall–Kier alpha value is -0.900. The first-order chi connectivity index (χ1) is 6.49. The fraction of sp³-hybridized carbons (Fsp3) is 0.800. The Morgan fingerprint density at radius 1 is 1.36 bits per heavy atom. The van der Waals surface area contributed by atoms with Crippen molar-refractivity contribution in [1.29, 1.82) is 0 Å². The van der Waals surface area contributed by atoms with Gasteiger partial charge in [0.2, 0.25) is 5.89 Å². The highest BCUT2D eigenvalue weighted by Gasteiger charge is 2.23. The van der Waals surface area contributed by atoms with E-state index in [0.29, 0.717) is 17.6 Å². The summed E-state index contributed by atoms with van der Waals surface area (Å²) < 4.78 is 5.19. The Balaban J connectivity index is 2.87. The molecular weight excluding hydrogens is 178 g/mol. The lowest BCUT2D eigenvalue weighted by molar-refractivity contribution is 0.335. The summed E-state index contributed by atoms with van der Waals surface area (Å²) in [5, 5.41) is 3.89. The van der Waals surface area contributed by atoms with E-state index in [0.717, 1.165) is 12.8 Å². The maximum absolute atomic E-state index is 5.87. The molecule has 0 aliphatic carbocycles. The van der Waals surface area contributed by atoms with Crippen LogP contribution in [0.3, 0.4) is 0 Å². The van der Waals surface area contributed by atoms with Crippen LogP contribution in [0.2, 0.25) is 0 Å². The van der Waals surface area contributed by atoms with Crippen LogP contribution in [-0.4, -0.2) is 10.1 Å². The van der Waals surface area contributed by atoms with Gasteiger partial charge in [0.15, 0.2) is 5.82 Å². The molecule has 0 aromatic carbocycles. The van der Waals surface area contributed by atoms with Gasteiger partial charge in [-0.25, -0.2) is 0 Å². The highest BCUT2D eigenvalue weighted by molar-refractivity contribution is 5.01. The summed E-state index contributed by atoms with van der Waals surface area (Å²) in [6.07, 6.45) is 2.03. The Morgan fingerprint density at radius 2 is 1.93 bits per heavy atom. The molecule has 0 spiro atoms. The Labute approximate surface area is 84.9 Å². The van der Waals surface area contributed by atoms with Gasteiger partial charge in [0.1, 0.15) is 0 Å². The molecule has 0 saturated carbocycles. The first-order valence-corrected chi connectivity index (χ1v) is 5.12. The standard InChI is InChI=1S/C10H19N3O/c1-5-7(6-2)8-12-9(13-14-8)10(3,4)11/h7H,5-6,11H2,1-4H3. The molecule has 0 aliphatic rings. The van der Waals surface area contributed by atoms with Crippen LogP contribution in [0.4, 0.5) is 0 Å². The summed E-state index contributed by atoms with van der Waals surface area (Å²) in [7, 11) is 0. The largest absolute Gasteiger partial charge is 0.339 e. The molecule has 14 heavy (non-hydrogen) atoms. The zero-order chi connectivity index (χ0) is 10.8. The third kappa shape index (κ3) is 2.32. The van der Waals surface area contributed by atoms with Crippen LogP contribution < -0.4 is 5.73 Å². The van der Waals surface area contributed by atoms with E-state index in [1.165, 1.54) is 0 Å². The van der Waals surface area contributed by atoms with E-state index in [9.17, 15) is 0 Å². The van der Waals surface area contributed by atoms with Crippen molar-refractivity contribution >= 4 is 0 Å². The van der Waals surface area contributed by atoms with Gasteiger partial charge in [-0.2, -0.15) is 4.98 Å². The molecule has 0 atom stereocenters. The third-order valence-corrected chi connectivity index (χ3v) is 2.35. The molecule has 1 heterocycles. The van der Waals surface area contributed by atoms with Gasteiger partial charge in [-0.1, -0.05) is 19.0 Å². The molecule has 4 heteroatoms. The molecule has 2 N–H and O–H groups in total. The normalized spacial score (nSPS) is 12.4. The summed E-state index contributed by atoms with van der Waals surface area (Å²) >= 11 is 0. The van der Waals surface area contributed by atoms with E-state index < -0.39 is 5.54 Å². The molecule has 80 valence electrons. The van der Waals surface area contributed by atoms with Crippen LogP contribution >= 0.6 is 0 Å². The highest BCUT2D eigenvalue weighted by atomic mass is 16.5. The third-order valence-electron chi connectivity index (χ3n) is 2.35. The number of aromatic nitrogens is 2. The molecule has 1 aromatic rings. The van der Waals surface area contributed by atoms with Crippen molar-refractivity contribution in [3.63, 3.8) is 0 Å². The van der Waals surface area contributed by atoms with Crippen LogP contribution in [0.15, 0.2) is 4.52 Å². The second kappa shape index (κ2) is 4.09. The lowest BCUT2D eigenvalue weighted by Gasteiger charge is -2.11. The van der Waals surface area contributed by atoms with Gasteiger partial charge in [-0.3, -0.25) is 0 Å². The van der Waals surface area contributed by atoms with E-state index >= 15 is 0 Å². The minimum Gasteiger partial charge on any atom is -0.339 e. The molecule has 0 saturated heterocycles. The van der Waals surface area contributed by atoms with E-state index in [1.807, 2.05) is 13.8 Å². The van der Waals surface area contributed by atoms with E-state index in [2.05, 4.69) is 24.0 Å². The van der Waals surface area contributed by atoms with Gasteiger partial charge >= 0.3 is 0 Å². The molecular formula is C10H19N3O. The SMILES string of the molecule is CCC(CC)c1nc(C(C)(C)N)no1. The van der Waals surface area contributed by atoms with Crippen molar-refractivity contribution in [3.8, 4) is 0 Å². The number of hydrogen-bond donors (Lipinski definition) is 1. The lowest BCUT2D eigenvalue weighted by Crippen LogP contribution is -2.30. The first kappa shape index (κ1) is 11.2. The molecule has 0 amide bonds. The van der Waals surface area contributed by atoms with Crippen molar-refractivity contribution in [2.24, 2.45) is 5.73 Å². The van der Waals surface area contributed by atoms with Gasteiger partial charge < -0.3 is 10.3 Å². The number of nitrogens with two attached hydrogens (primary N) is 1. The van der Waals surface area contributed by atoms with Gasteiger partial charge in [-0.05, 0) is 26.7 Å². The maximum atomic E-state index is 5.87. The predicted molar refractivity (Wildman–Crippen MR) is 54.8 cm³/mol. The molecule has 0 fully saturated rings. The van der Waals surface area contributed by atoms with Gasteiger partial charge in [0, 0.05) is 5.92 Å². The van der Waals surface area contributed by atoms with Crippen LogP contribution in [0.25, 0.3) is 0 Å². The molecule has 0 radical (unpaired) electrons. The summed E-state index contributed by atoms with van der Waals surface area (Å²) in [5.41, 5.74) is 5.35. The summed E-state index contributed by atoms with van der Waals surface area (Å²) in [5.74, 6) is 1.65. The van der Waals surface area contributed by atoms with Crippen LogP contribution in [0, 0.1) is 0 Å². The van der Waals surface area contributed by atoms with Crippen molar-refractivity contribution in [1.82, 2.24) is 10.1 Å². The zero-order valence-electron chi connectivity index (χ0n) is 9.37. The molecule has 1 aromatic heterocycles. The van der Waals surface area contributed by atoms with Gasteiger partial charge in [0.25, 0.3) is 0 Å². The van der Waals surface area contributed by atoms with Crippen LogP contribution in [0.5, 0.6) is 0 Å². The van der Waals surface area contributed by atoms with Gasteiger partial charge in [-0.15, -0.1) is 0 Å². The summed E-state index contributed by atoms with van der Waals surface area (Å²) in [6, 6.07) is 0. The second-order valence-electron chi connectivity index (χ2n) is 4.19. The minimum absolute atomic E-state index is 0.360. The summed E-state index contributed by atoms with van der Waals surface area (Å²) in [4.78, 5) is 4.32. The van der Waals surface area contributed by atoms with Crippen LogP contribution in [0.1, 0.15) is 58.2 Å². The van der Waals surface area contributed by atoms with Crippen molar-refractivity contribution in [2.45, 2.75) is 52.0 Å². The first-order valence-electron chi connectivity index (χ1n) is 5.12. The lowest BCUT2D eigenvalue weighted by atomic mass is 10.0. The Morgan fingerprint density at radius 3 is 2.29 bits per heavy atom. The molecule has 1 rings (SSSR count). The Kier molecular flexibility index (Phi) is 3.26.